The summed E-state index contributed by atoms with van der Waals surface area (Å²) in [5.74, 6) is -0.664. The van der Waals surface area contributed by atoms with Crippen LogP contribution in [0.2, 0.25) is 0 Å². The highest BCUT2D eigenvalue weighted by Crippen LogP contribution is 2.27. The first-order valence-corrected chi connectivity index (χ1v) is 9.71. The summed E-state index contributed by atoms with van der Waals surface area (Å²) in [7, 11) is 1.31. The molecular formula is C20H31N3O4. The smallest absolute Gasteiger partial charge is 0.354 e. The standard InChI is InChI=1S/C20H31N3O4/c1-6-21-20(26)23(15-10-8-7-9-11-15)14(4)18(24)16-12(2)17(19(25)27-5)22-13(16)3/h14-15,22H,6-11H2,1-5H3,(H,21,26)/t14-/m0/s1. The fourth-order valence-electron chi connectivity index (χ4n) is 4.02. The second-order valence-electron chi connectivity index (χ2n) is 7.19. The lowest BCUT2D eigenvalue weighted by Crippen LogP contribution is -2.53. The van der Waals surface area contributed by atoms with Gasteiger partial charge in [0, 0.05) is 23.8 Å². The zero-order valence-corrected chi connectivity index (χ0v) is 17.0. The predicted octanol–water partition coefficient (Wildman–Crippen LogP) is 3.35. The lowest BCUT2D eigenvalue weighted by atomic mass is 9.91. The zero-order valence-electron chi connectivity index (χ0n) is 17.0. The number of aromatic nitrogens is 1. The van der Waals surface area contributed by atoms with Crippen molar-refractivity contribution >= 4 is 17.8 Å². The minimum Gasteiger partial charge on any atom is -0.464 e. The second kappa shape index (κ2) is 9.06. The van der Waals surface area contributed by atoms with Crippen LogP contribution >= 0.6 is 0 Å². The van der Waals surface area contributed by atoms with Crippen molar-refractivity contribution in [2.75, 3.05) is 13.7 Å². The number of aryl methyl sites for hydroxylation is 1. The summed E-state index contributed by atoms with van der Waals surface area (Å²) < 4.78 is 4.78. The molecular weight excluding hydrogens is 346 g/mol. The number of urea groups is 1. The SMILES string of the molecule is CCNC(=O)N(C1CCCCC1)[C@@H](C)C(=O)c1c(C)[nH]c(C(=O)OC)c1C. The number of Topliss-reactive ketones (excluding diaryl/α,β-unsaturated/α-hetero) is 1. The normalized spacial score (nSPS) is 15.9. The summed E-state index contributed by atoms with van der Waals surface area (Å²) >= 11 is 0. The molecule has 0 spiro atoms. The van der Waals surface area contributed by atoms with Crippen molar-refractivity contribution in [1.29, 1.82) is 0 Å². The first-order valence-electron chi connectivity index (χ1n) is 9.71. The minimum atomic E-state index is -0.613. The molecule has 1 aliphatic carbocycles. The Hall–Kier alpha value is -2.31. The quantitative estimate of drug-likeness (QED) is 0.587. The van der Waals surface area contributed by atoms with Gasteiger partial charge in [-0.2, -0.15) is 0 Å². The maximum atomic E-state index is 13.3. The number of amides is 2. The average molecular weight is 377 g/mol. The minimum absolute atomic E-state index is 0.0591. The number of nitrogens with zero attached hydrogens (tertiary/aromatic N) is 1. The van der Waals surface area contributed by atoms with Crippen molar-refractivity contribution in [3.05, 3.63) is 22.5 Å². The van der Waals surface area contributed by atoms with Crippen molar-refractivity contribution in [1.82, 2.24) is 15.2 Å². The van der Waals surface area contributed by atoms with Crippen molar-refractivity contribution in [3.8, 4) is 0 Å². The largest absolute Gasteiger partial charge is 0.464 e. The van der Waals surface area contributed by atoms with Gasteiger partial charge in [0.15, 0.2) is 5.78 Å². The summed E-state index contributed by atoms with van der Waals surface area (Å²) in [6.07, 6.45) is 5.12. The van der Waals surface area contributed by atoms with Crippen molar-refractivity contribution in [2.45, 2.75) is 71.9 Å². The zero-order chi connectivity index (χ0) is 20.1. The van der Waals surface area contributed by atoms with E-state index in [2.05, 4.69) is 10.3 Å². The van der Waals surface area contributed by atoms with Crippen LogP contribution in [0.15, 0.2) is 0 Å². The Kier molecular flexibility index (Phi) is 7.05. The van der Waals surface area contributed by atoms with Crippen molar-refractivity contribution in [3.63, 3.8) is 0 Å². The Morgan fingerprint density at radius 3 is 2.41 bits per heavy atom. The number of esters is 1. The Balaban J connectivity index is 2.35. The molecule has 0 aromatic carbocycles. The van der Waals surface area contributed by atoms with Crippen molar-refractivity contribution in [2.24, 2.45) is 0 Å². The van der Waals surface area contributed by atoms with Gasteiger partial charge >= 0.3 is 12.0 Å². The molecule has 2 N–H and O–H groups in total. The number of aromatic amines is 1. The summed E-state index contributed by atoms with van der Waals surface area (Å²) in [4.78, 5) is 42.6. The van der Waals surface area contributed by atoms with Crippen LogP contribution < -0.4 is 5.32 Å². The number of methoxy groups -OCH3 is 1. The molecule has 0 radical (unpaired) electrons. The summed E-state index contributed by atoms with van der Waals surface area (Å²) in [5.41, 5.74) is 1.93. The molecule has 1 aromatic rings. The van der Waals surface area contributed by atoms with Gasteiger partial charge in [-0.25, -0.2) is 9.59 Å². The summed E-state index contributed by atoms with van der Waals surface area (Å²) in [6, 6.07) is -0.758. The van der Waals surface area contributed by atoms with Gasteiger partial charge in [0.1, 0.15) is 5.69 Å². The number of H-pyrrole nitrogens is 1. The molecule has 27 heavy (non-hydrogen) atoms. The number of ether oxygens (including phenoxy) is 1. The number of carbonyl (C=O) groups excluding carboxylic acids is 3. The molecule has 1 atom stereocenters. The van der Waals surface area contributed by atoms with E-state index in [1.807, 2.05) is 6.92 Å². The van der Waals surface area contributed by atoms with Gasteiger partial charge in [0.05, 0.1) is 13.2 Å². The van der Waals surface area contributed by atoms with Gasteiger partial charge in [-0.3, -0.25) is 4.79 Å². The molecule has 0 unspecified atom stereocenters. The van der Waals surface area contributed by atoms with E-state index in [0.717, 1.165) is 25.7 Å². The van der Waals surface area contributed by atoms with Crippen LogP contribution in [0.1, 0.15) is 78.1 Å². The third-order valence-corrected chi connectivity index (χ3v) is 5.40. The fraction of sp³-hybridized carbons (Fsp3) is 0.650. The van der Waals surface area contributed by atoms with E-state index in [0.29, 0.717) is 23.4 Å². The van der Waals surface area contributed by atoms with Crippen LogP contribution in [0.4, 0.5) is 4.79 Å². The highest BCUT2D eigenvalue weighted by atomic mass is 16.5. The van der Waals surface area contributed by atoms with E-state index in [1.165, 1.54) is 13.5 Å². The molecule has 0 aliphatic heterocycles. The molecule has 2 rings (SSSR count). The first kappa shape index (κ1) is 21.0. The van der Waals surface area contributed by atoms with Crippen LogP contribution in [-0.4, -0.2) is 53.4 Å². The monoisotopic (exact) mass is 377 g/mol. The molecule has 2 amide bonds. The van der Waals surface area contributed by atoms with E-state index in [1.54, 1.807) is 25.7 Å². The second-order valence-corrected chi connectivity index (χ2v) is 7.19. The van der Waals surface area contributed by atoms with Gasteiger partial charge in [-0.05, 0) is 46.1 Å². The van der Waals surface area contributed by atoms with Gasteiger partial charge < -0.3 is 19.9 Å². The number of hydrogen-bond donors (Lipinski definition) is 2. The molecule has 7 heteroatoms. The number of hydrogen-bond acceptors (Lipinski definition) is 4. The molecule has 1 heterocycles. The van der Waals surface area contributed by atoms with Crippen LogP contribution in [0, 0.1) is 13.8 Å². The number of nitrogens with one attached hydrogen (secondary N) is 2. The van der Waals surface area contributed by atoms with E-state index in [4.69, 9.17) is 4.74 Å². The van der Waals surface area contributed by atoms with Crippen molar-refractivity contribution < 1.29 is 19.1 Å². The molecule has 1 fully saturated rings. The molecule has 1 aromatic heterocycles. The number of carbonyl (C=O) groups is 3. The van der Waals surface area contributed by atoms with E-state index in [-0.39, 0.29) is 23.6 Å². The van der Waals surface area contributed by atoms with E-state index in [9.17, 15) is 14.4 Å². The van der Waals surface area contributed by atoms with E-state index < -0.39 is 12.0 Å². The lowest BCUT2D eigenvalue weighted by Gasteiger charge is -2.38. The van der Waals surface area contributed by atoms with Gasteiger partial charge in [-0.1, -0.05) is 19.3 Å². The summed E-state index contributed by atoms with van der Waals surface area (Å²) in [5, 5.41) is 2.84. The maximum Gasteiger partial charge on any atom is 0.354 e. The Labute approximate surface area is 160 Å². The highest BCUT2D eigenvalue weighted by molar-refractivity contribution is 6.06. The van der Waals surface area contributed by atoms with Crippen LogP contribution in [0.25, 0.3) is 0 Å². The van der Waals surface area contributed by atoms with E-state index >= 15 is 0 Å². The number of ketones is 1. The third kappa shape index (κ3) is 4.34. The fourth-order valence-corrected chi connectivity index (χ4v) is 4.02. The van der Waals surface area contributed by atoms with Crippen LogP contribution in [-0.2, 0) is 4.74 Å². The highest BCUT2D eigenvalue weighted by Gasteiger charge is 2.35. The molecule has 0 bridgehead atoms. The Morgan fingerprint density at radius 2 is 1.85 bits per heavy atom. The molecule has 0 saturated heterocycles. The van der Waals surface area contributed by atoms with Gasteiger partial charge in [0.2, 0.25) is 0 Å². The lowest BCUT2D eigenvalue weighted by molar-refractivity contribution is 0.0593. The molecule has 150 valence electrons. The van der Waals surface area contributed by atoms with Crippen LogP contribution in [0.5, 0.6) is 0 Å². The Bertz CT molecular complexity index is 704. The predicted molar refractivity (Wildman–Crippen MR) is 103 cm³/mol. The first-order chi connectivity index (χ1) is 12.8. The maximum absolute atomic E-state index is 13.3. The molecule has 7 nitrogen and oxygen atoms in total. The Morgan fingerprint density at radius 1 is 1.22 bits per heavy atom. The molecule has 1 aliphatic rings. The third-order valence-electron chi connectivity index (χ3n) is 5.40. The van der Waals surface area contributed by atoms with Gasteiger partial charge in [-0.15, -0.1) is 0 Å². The summed E-state index contributed by atoms with van der Waals surface area (Å²) in [6.45, 7) is 7.64. The topological polar surface area (TPSA) is 91.5 Å². The van der Waals surface area contributed by atoms with Crippen LogP contribution in [0.3, 0.4) is 0 Å². The molecule has 1 saturated carbocycles. The number of rotatable bonds is 6. The average Bonchev–Trinajstić information content (AvgIpc) is 2.96. The van der Waals surface area contributed by atoms with Gasteiger partial charge in [0.25, 0.3) is 0 Å².